The van der Waals surface area contributed by atoms with Crippen LogP contribution in [0.1, 0.15) is 16.7 Å². The number of aliphatic hydroxyl groups excluding tert-OH is 1. The van der Waals surface area contributed by atoms with Crippen LogP contribution in [0.5, 0.6) is 17.2 Å². The number of phenols is 2. The summed E-state index contributed by atoms with van der Waals surface area (Å²) in [6.07, 6.45) is 5.79. The fraction of sp³-hybridized carbons (Fsp3) is 0.105. The number of aliphatic hydroxyl groups is 1. The molecule has 3 N–H and O–H groups in total. The molecule has 0 aliphatic heterocycles. The molecular formula is C19H17ClO5. The highest BCUT2D eigenvalue weighted by molar-refractivity contribution is 6.34. The summed E-state index contributed by atoms with van der Waals surface area (Å²) in [4.78, 5) is 11.9. The van der Waals surface area contributed by atoms with Crippen LogP contribution in [0.2, 0.25) is 5.02 Å². The Morgan fingerprint density at radius 1 is 1.12 bits per heavy atom. The lowest BCUT2D eigenvalue weighted by atomic mass is 10.1. The average Bonchev–Trinajstić information content (AvgIpc) is 2.60. The van der Waals surface area contributed by atoms with Crippen LogP contribution in [0.15, 0.2) is 42.5 Å². The molecule has 0 heterocycles. The molecule has 0 spiro atoms. The summed E-state index contributed by atoms with van der Waals surface area (Å²) < 4.78 is 5.00. The van der Waals surface area contributed by atoms with Gasteiger partial charge in [-0.25, -0.2) is 0 Å². The number of carbonyl (C=O) groups is 1. The maximum Gasteiger partial charge on any atom is 0.179 e. The summed E-state index contributed by atoms with van der Waals surface area (Å²) in [5.41, 5.74) is 1.59. The summed E-state index contributed by atoms with van der Waals surface area (Å²) in [5, 5.41) is 28.5. The molecule has 0 amide bonds. The zero-order chi connectivity index (χ0) is 18.4. The lowest BCUT2D eigenvalue weighted by Gasteiger charge is -2.07. The van der Waals surface area contributed by atoms with Crippen molar-refractivity contribution >= 4 is 29.5 Å². The number of allylic oxidation sites excluding steroid dienone is 2. The minimum Gasteiger partial charge on any atom is -0.508 e. The highest BCUT2D eigenvalue weighted by Crippen LogP contribution is 2.36. The summed E-state index contributed by atoms with van der Waals surface area (Å²) in [5.74, 6) is -0.209. The fourth-order valence-corrected chi connectivity index (χ4v) is 2.43. The molecule has 0 aliphatic carbocycles. The van der Waals surface area contributed by atoms with E-state index in [-0.39, 0.29) is 34.7 Å². The van der Waals surface area contributed by atoms with Gasteiger partial charge in [-0.1, -0.05) is 23.7 Å². The molecule has 5 nitrogen and oxygen atoms in total. The molecule has 0 saturated carbocycles. The zero-order valence-electron chi connectivity index (χ0n) is 13.4. The Bertz CT molecular complexity index is 840. The van der Waals surface area contributed by atoms with Crippen LogP contribution >= 0.6 is 11.6 Å². The van der Waals surface area contributed by atoms with E-state index in [9.17, 15) is 15.0 Å². The van der Waals surface area contributed by atoms with Crippen LogP contribution in [0.25, 0.3) is 12.2 Å². The maximum absolute atomic E-state index is 11.9. The largest absolute Gasteiger partial charge is 0.508 e. The third-order valence-corrected chi connectivity index (χ3v) is 3.84. The molecule has 6 heteroatoms. The molecule has 0 aliphatic rings. The van der Waals surface area contributed by atoms with Gasteiger partial charge in [-0.3, -0.25) is 4.79 Å². The summed E-state index contributed by atoms with van der Waals surface area (Å²) in [7, 11) is 1.39. The smallest absolute Gasteiger partial charge is 0.179 e. The highest BCUT2D eigenvalue weighted by Gasteiger charge is 2.10. The number of ketones is 1. The van der Waals surface area contributed by atoms with E-state index in [2.05, 4.69) is 0 Å². The quantitative estimate of drug-likeness (QED) is 0.686. The van der Waals surface area contributed by atoms with Crippen LogP contribution in [-0.2, 0) is 11.4 Å². The Hall–Kier alpha value is -2.76. The van der Waals surface area contributed by atoms with Gasteiger partial charge in [-0.2, -0.15) is 0 Å². The lowest BCUT2D eigenvalue weighted by Crippen LogP contribution is -1.89. The van der Waals surface area contributed by atoms with Crippen molar-refractivity contribution in [2.24, 2.45) is 0 Å². The second-order valence-electron chi connectivity index (χ2n) is 5.14. The first-order chi connectivity index (χ1) is 12.0. The van der Waals surface area contributed by atoms with Crippen LogP contribution in [-0.4, -0.2) is 28.2 Å². The second kappa shape index (κ2) is 8.37. The predicted octanol–water partition coefficient (Wildman–Crippen LogP) is 3.55. The van der Waals surface area contributed by atoms with E-state index in [4.69, 9.17) is 21.4 Å². The molecule has 2 rings (SSSR count). The third kappa shape index (κ3) is 4.62. The molecule has 0 fully saturated rings. The summed E-state index contributed by atoms with van der Waals surface area (Å²) in [6.45, 7) is -0.289. The van der Waals surface area contributed by atoms with E-state index in [0.29, 0.717) is 16.7 Å². The number of aromatic hydroxyl groups is 2. The normalized spacial score (nSPS) is 11.3. The minimum atomic E-state index is -0.289. The van der Waals surface area contributed by atoms with Crippen molar-refractivity contribution in [3.05, 3.63) is 64.2 Å². The van der Waals surface area contributed by atoms with Crippen LogP contribution in [0.4, 0.5) is 0 Å². The van der Waals surface area contributed by atoms with Gasteiger partial charge in [0.1, 0.15) is 5.75 Å². The van der Waals surface area contributed by atoms with Crippen LogP contribution in [0, 0.1) is 0 Å². The van der Waals surface area contributed by atoms with Crippen molar-refractivity contribution in [3.8, 4) is 17.2 Å². The van der Waals surface area contributed by atoms with Gasteiger partial charge in [0.2, 0.25) is 0 Å². The Morgan fingerprint density at radius 2 is 1.80 bits per heavy atom. The topological polar surface area (TPSA) is 87.0 Å². The van der Waals surface area contributed by atoms with Crippen LogP contribution in [0.3, 0.4) is 0 Å². The average molecular weight is 361 g/mol. The Morgan fingerprint density at radius 3 is 2.48 bits per heavy atom. The molecule has 130 valence electrons. The van der Waals surface area contributed by atoms with E-state index >= 15 is 0 Å². The number of hydrogen-bond acceptors (Lipinski definition) is 5. The number of halogens is 1. The van der Waals surface area contributed by atoms with Crippen molar-refractivity contribution in [2.45, 2.75) is 6.61 Å². The molecule has 2 aromatic carbocycles. The zero-order valence-corrected chi connectivity index (χ0v) is 14.2. The number of hydrogen-bond donors (Lipinski definition) is 3. The maximum atomic E-state index is 11.9. The molecule has 0 unspecified atom stereocenters. The van der Waals surface area contributed by atoms with E-state index in [1.165, 1.54) is 37.5 Å². The molecule has 2 aromatic rings. The van der Waals surface area contributed by atoms with Gasteiger partial charge in [0.05, 0.1) is 18.7 Å². The SMILES string of the molecule is COc1c(O)ccc(/C=C/C(=O)/C=C/c2ccc(O)c(CO)c2)c1Cl. The number of benzene rings is 2. The van der Waals surface area contributed by atoms with E-state index in [1.54, 1.807) is 24.3 Å². The predicted molar refractivity (Wildman–Crippen MR) is 96.8 cm³/mol. The minimum absolute atomic E-state index is 0.00166. The van der Waals surface area contributed by atoms with Gasteiger partial charge in [-0.15, -0.1) is 0 Å². The van der Waals surface area contributed by atoms with Crippen molar-refractivity contribution in [3.63, 3.8) is 0 Å². The number of phenolic OH excluding ortho intramolecular Hbond substituents is 1. The van der Waals surface area contributed by atoms with Crippen molar-refractivity contribution in [1.82, 2.24) is 0 Å². The molecule has 25 heavy (non-hydrogen) atoms. The van der Waals surface area contributed by atoms with Gasteiger partial charge in [0, 0.05) is 5.56 Å². The first kappa shape index (κ1) is 18.6. The van der Waals surface area contributed by atoms with Gasteiger partial charge in [-0.05, 0) is 53.6 Å². The molecule has 0 bridgehead atoms. The fourth-order valence-electron chi connectivity index (χ4n) is 2.13. The first-order valence-corrected chi connectivity index (χ1v) is 7.72. The van der Waals surface area contributed by atoms with Gasteiger partial charge in [0.25, 0.3) is 0 Å². The van der Waals surface area contributed by atoms with Crippen molar-refractivity contribution < 1.29 is 24.9 Å². The summed E-state index contributed by atoms with van der Waals surface area (Å²) in [6, 6.07) is 7.67. The van der Waals surface area contributed by atoms with Crippen LogP contribution < -0.4 is 4.74 Å². The van der Waals surface area contributed by atoms with Crippen molar-refractivity contribution in [2.75, 3.05) is 7.11 Å². The Kier molecular flexibility index (Phi) is 6.22. The molecular weight excluding hydrogens is 344 g/mol. The monoisotopic (exact) mass is 360 g/mol. The number of methoxy groups -OCH3 is 1. The number of rotatable bonds is 6. The Labute approximate surface area is 150 Å². The highest BCUT2D eigenvalue weighted by atomic mass is 35.5. The molecule has 0 radical (unpaired) electrons. The molecule has 0 aromatic heterocycles. The van der Waals surface area contributed by atoms with Gasteiger partial charge >= 0.3 is 0 Å². The lowest BCUT2D eigenvalue weighted by molar-refractivity contribution is -0.110. The van der Waals surface area contributed by atoms with E-state index in [1.807, 2.05) is 0 Å². The summed E-state index contributed by atoms with van der Waals surface area (Å²) >= 11 is 6.11. The van der Waals surface area contributed by atoms with Gasteiger partial charge in [0.15, 0.2) is 17.3 Å². The van der Waals surface area contributed by atoms with Gasteiger partial charge < -0.3 is 20.1 Å². The van der Waals surface area contributed by atoms with E-state index < -0.39 is 0 Å². The number of carbonyl (C=O) groups excluding carboxylic acids is 1. The Balaban J connectivity index is 2.13. The molecule has 0 atom stereocenters. The second-order valence-corrected chi connectivity index (χ2v) is 5.51. The van der Waals surface area contributed by atoms with E-state index in [0.717, 1.165) is 0 Å². The number of ether oxygens (including phenoxy) is 1. The van der Waals surface area contributed by atoms with Crippen molar-refractivity contribution in [1.29, 1.82) is 0 Å². The third-order valence-electron chi connectivity index (χ3n) is 3.45. The first-order valence-electron chi connectivity index (χ1n) is 7.34. The standard InChI is InChI=1S/C19H17ClO5/c1-25-19-17(24)9-5-13(18(19)20)4-7-15(22)6-2-12-3-8-16(23)14(10-12)11-21/h2-10,21,23-24H,11H2,1H3/b6-2+,7-4+. The molecule has 0 saturated heterocycles.